The van der Waals surface area contributed by atoms with Crippen molar-refractivity contribution in [2.45, 2.75) is 33.2 Å². The number of aromatic nitrogens is 4. The van der Waals surface area contributed by atoms with Gasteiger partial charge in [0.15, 0.2) is 17.3 Å². The molecule has 0 bridgehead atoms. The molecule has 0 unspecified atom stereocenters. The molecule has 7 heteroatoms. The summed E-state index contributed by atoms with van der Waals surface area (Å²) in [6.45, 7) is 7.08. The van der Waals surface area contributed by atoms with Crippen LogP contribution in [0.2, 0.25) is 0 Å². The fourth-order valence-corrected chi connectivity index (χ4v) is 2.57. The van der Waals surface area contributed by atoms with E-state index >= 15 is 0 Å². The molecule has 2 heterocycles. The van der Waals surface area contributed by atoms with E-state index in [0.717, 1.165) is 35.5 Å². The molecular weight excluding hydrogens is 316 g/mol. The lowest BCUT2D eigenvalue weighted by Crippen LogP contribution is -2.10. The Labute approximate surface area is 146 Å². The molecule has 0 radical (unpaired) electrons. The number of fused-ring (bicyclic) bond motifs is 1. The molecule has 0 aliphatic heterocycles. The molecule has 1 aromatic carbocycles. The largest absolute Gasteiger partial charge is 0.368 e. The number of imidazole rings is 1. The second-order valence-electron chi connectivity index (χ2n) is 6.18. The molecular formula is C18H22N6O. The van der Waals surface area contributed by atoms with Gasteiger partial charge in [-0.3, -0.25) is 4.79 Å². The zero-order chi connectivity index (χ0) is 18.0. The molecule has 1 amide bonds. The van der Waals surface area contributed by atoms with E-state index in [-0.39, 0.29) is 6.04 Å². The van der Waals surface area contributed by atoms with Gasteiger partial charge in [0.25, 0.3) is 0 Å². The predicted molar refractivity (Wildman–Crippen MR) is 98.4 cm³/mol. The number of anilines is 1. The van der Waals surface area contributed by atoms with Crippen molar-refractivity contribution in [3.8, 4) is 11.4 Å². The quantitative estimate of drug-likeness (QED) is 0.720. The van der Waals surface area contributed by atoms with Crippen molar-refractivity contribution in [3.05, 3.63) is 36.2 Å². The van der Waals surface area contributed by atoms with Gasteiger partial charge in [0.05, 0.1) is 6.33 Å². The number of hydrogen-bond acceptors (Lipinski definition) is 5. The van der Waals surface area contributed by atoms with E-state index in [1.165, 1.54) is 0 Å². The topological polar surface area (TPSA) is 98.7 Å². The maximum absolute atomic E-state index is 11.3. The van der Waals surface area contributed by atoms with Crippen molar-refractivity contribution in [2.24, 2.45) is 5.73 Å². The van der Waals surface area contributed by atoms with E-state index < -0.39 is 5.91 Å². The maximum Gasteiger partial charge on any atom is 0.248 e. The number of nitrogens with two attached hydrogens (primary N) is 1. The Morgan fingerprint density at radius 3 is 2.56 bits per heavy atom. The van der Waals surface area contributed by atoms with Crippen molar-refractivity contribution in [3.63, 3.8) is 0 Å². The molecule has 3 N–H and O–H groups in total. The normalized spacial score (nSPS) is 11.2. The van der Waals surface area contributed by atoms with E-state index in [4.69, 9.17) is 10.7 Å². The Morgan fingerprint density at radius 2 is 1.96 bits per heavy atom. The molecule has 0 aliphatic carbocycles. The maximum atomic E-state index is 11.3. The first kappa shape index (κ1) is 16.9. The van der Waals surface area contributed by atoms with E-state index in [1.54, 1.807) is 30.6 Å². The van der Waals surface area contributed by atoms with Crippen molar-refractivity contribution in [2.75, 3.05) is 11.9 Å². The first-order valence-corrected chi connectivity index (χ1v) is 8.40. The number of rotatable bonds is 6. The number of primary amides is 1. The zero-order valence-corrected chi connectivity index (χ0v) is 14.7. The average Bonchev–Trinajstić information content (AvgIpc) is 3.04. The smallest absolute Gasteiger partial charge is 0.248 e. The number of hydrogen-bond donors (Lipinski definition) is 2. The molecule has 0 saturated heterocycles. The highest BCUT2D eigenvalue weighted by molar-refractivity contribution is 5.93. The third-order valence-corrected chi connectivity index (χ3v) is 3.95. The van der Waals surface area contributed by atoms with E-state index in [1.807, 2.05) is 4.57 Å². The summed E-state index contributed by atoms with van der Waals surface area (Å²) < 4.78 is 2.02. The first-order chi connectivity index (χ1) is 12.0. The summed E-state index contributed by atoms with van der Waals surface area (Å²) in [5.74, 6) is 0.857. The highest BCUT2D eigenvalue weighted by Gasteiger charge is 2.15. The highest BCUT2D eigenvalue weighted by atomic mass is 16.1. The minimum atomic E-state index is -0.453. The molecule has 0 spiro atoms. The van der Waals surface area contributed by atoms with E-state index in [2.05, 4.69) is 36.1 Å². The van der Waals surface area contributed by atoms with Gasteiger partial charge < -0.3 is 15.6 Å². The monoisotopic (exact) mass is 338 g/mol. The highest BCUT2D eigenvalue weighted by Crippen LogP contribution is 2.26. The summed E-state index contributed by atoms with van der Waals surface area (Å²) in [5.41, 5.74) is 8.14. The van der Waals surface area contributed by atoms with Gasteiger partial charge in [-0.25, -0.2) is 15.0 Å². The summed E-state index contributed by atoms with van der Waals surface area (Å²) in [5, 5.41) is 3.33. The molecule has 0 atom stereocenters. The fourth-order valence-electron chi connectivity index (χ4n) is 2.57. The van der Waals surface area contributed by atoms with Crippen LogP contribution in [0.3, 0.4) is 0 Å². The lowest BCUT2D eigenvalue weighted by atomic mass is 10.1. The van der Waals surface area contributed by atoms with Gasteiger partial charge >= 0.3 is 0 Å². The number of nitrogens with one attached hydrogen (secondary N) is 1. The van der Waals surface area contributed by atoms with Crippen LogP contribution in [0.4, 0.5) is 5.82 Å². The third-order valence-electron chi connectivity index (χ3n) is 3.95. The first-order valence-electron chi connectivity index (χ1n) is 8.40. The van der Waals surface area contributed by atoms with Crippen LogP contribution in [0.1, 0.15) is 43.6 Å². The Balaban J connectivity index is 2.13. The van der Waals surface area contributed by atoms with Crippen molar-refractivity contribution in [1.82, 2.24) is 19.5 Å². The van der Waals surface area contributed by atoms with Gasteiger partial charge in [0.1, 0.15) is 5.52 Å². The van der Waals surface area contributed by atoms with Crippen molar-refractivity contribution in [1.29, 1.82) is 0 Å². The standard InChI is InChI=1S/C18H22N6O/c1-4-9-20-17-14-18(24(10-21-14)11(2)3)23-16(22-17)13-7-5-12(6-8-13)15(19)25/h5-8,10-11H,4,9H2,1-3H3,(H2,19,25)(H,20,22,23). The molecule has 7 nitrogen and oxygen atoms in total. The average molecular weight is 338 g/mol. The number of benzene rings is 1. The predicted octanol–water partition coefficient (Wildman–Crippen LogP) is 3.00. The Kier molecular flexibility index (Phi) is 4.65. The van der Waals surface area contributed by atoms with Crippen LogP contribution in [0.5, 0.6) is 0 Å². The second-order valence-corrected chi connectivity index (χ2v) is 6.18. The molecule has 0 aliphatic rings. The Bertz CT molecular complexity index is 898. The van der Waals surface area contributed by atoms with Gasteiger partial charge in [-0.1, -0.05) is 19.1 Å². The van der Waals surface area contributed by atoms with Gasteiger partial charge in [0.2, 0.25) is 5.91 Å². The van der Waals surface area contributed by atoms with Gasteiger partial charge in [-0.15, -0.1) is 0 Å². The molecule has 0 saturated carbocycles. The summed E-state index contributed by atoms with van der Waals surface area (Å²) in [4.78, 5) is 25.1. The van der Waals surface area contributed by atoms with Gasteiger partial charge in [0, 0.05) is 23.7 Å². The van der Waals surface area contributed by atoms with Gasteiger partial charge in [-0.05, 0) is 32.4 Å². The number of carbonyl (C=O) groups is 1. The van der Waals surface area contributed by atoms with Crippen LogP contribution in [0.25, 0.3) is 22.6 Å². The summed E-state index contributed by atoms with van der Waals surface area (Å²) in [6.07, 6.45) is 2.78. The molecule has 0 fully saturated rings. The van der Waals surface area contributed by atoms with Crippen LogP contribution in [-0.2, 0) is 0 Å². The summed E-state index contributed by atoms with van der Waals surface area (Å²) in [6, 6.07) is 7.22. The van der Waals surface area contributed by atoms with Crippen LogP contribution >= 0.6 is 0 Å². The Hall–Kier alpha value is -2.96. The van der Waals surface area contributed by atoms with Crippen LogP contribution in [-0.4, -0.2) is 32.0 Å². The van der Waals surface area contributed by atoms with Crippen LogP contribution < -0.4 is 11.1 Å². The molecule has 3 rings (SSSR count). The molecule has 2 aromatic heterocycles. The SMILES string of the molecule is CCCNc1nc(-c2ccc(C(N)=O)cc2)nc2c1ncn2C(C)C. The van der Waals surface area contributed by atoms with Crippen LogP contribution in [0.15, 0.2) is 30.6 Å². The minimum Gasteiger partial charge on any atom is -0.368 e. The molecule has 130 valence electrons. The van der Waals surface area contributed by atoms with E-state index in [0.29, 0.717) is 11.4 Å². The molecule has 3 aromatic rings. The lowest BCUT2D eigenvalue weighted by Gasteiger charge is -2.11. The lowest BCUT2D eigenvalue weighted by molar-refractivity contribution is 0.100. The number of nitrogens with zero attached hydrogens (tertiary/aromatic N) is 4. The second kappa shape index (κ2) is 6.88. The zero-order valence-electron chi connectivity index (χ0n) is 14.7. The van der Waals surface area contributed by atoms with Crippen molar-refractivity contribution < 1.29 is 4.79 Å². The van der Waals surface area contributed by atoms with Gasteiger partial charge in [-0.2, -0.15) is 0 Å². The number of amides is 1. The molecule has 25 heavy (non-hydrogen) atoms. The fraction of sp³-hybridized carbons (Fsp3) is 0.333. The number of carbonyl (C=O) groups excluding carboxylic acids is 1. The Morgan fingerprint density at radius 1 is 1.24 bits per heavy atom. The third kappa shape index (κ3) is 3.31. The minimum absolute atomic E-state index is 0.240. The van der Waals surface area contributed by atoms with E-state index in [9.17, 15) is 4.79 Å². The van der Waals surface area contributed by atoms with Crippen molar-refractivity contribution >= 4 is 22.9 Å². The summed E-state index contributed by atoms with van der Waals surface area (Å²) in [7, 11) is 0. The summed E-state index contributed by atoms with van der Waals surface area (Å²) >= 11 is 0. The van der Waals surface area contributed by atoms with Crippen LogP contribution in [0, 0.1) is 0 Å².